The van der Waals surface area contributed by atoms with E-state index in [2.05, 4.69) is 29.8 Å². The molecule has 0 bridgehead atoms. The molecule has 23 heavy (non-hydrogen) atoms. The number of anilines is 1. The van der Waals surface area contributed by atoms with E-state index in [1.165, 1.54) is 0 Å². The highest BCUT2D eigenvalue weighted by Crippen LogP contribution is 2.29. The van der Waals surface area contributed by atoms with E-state index >= 15 is 0 Å². The fraction of sp³-hybridized carbons (Fsp3) is 0.312. The molecule has 7 nitrogen and oxygen atoms in total. The van der Waals surface area contributed by atoms with Crippen LogP contribution in [-0.4, -0.2) is 42.6 Å². The van der Waals surface area contributed by atoms with E-state index in [9.17, 15) is 0 Å². The minimum absolute atomic E-state index is 0.304. The molecule has 1 aliphatic rings. The van der Waals surface area contributed by atoms with Crippen molar-refractivity contribution < 1.29 is 0 Å². The zero-order valence-corrected chi connectivity index (χ0v) is 12.7. The van der Waals surface area contributed by atoms with Crippen LogP contribution in [0.4, 0.5) is 5.95 Å². The van der Waals surface area contributed by atoms with Gasteiger partial charge in [0.15, 0.2) is 5.82 Å². The Morgan fingerprint density at radius 2 is 1.83 bits per heavy atom. The lowest BCUT2D eigenvalue weighted by Gasteiger charge is -2.32. The normalized spacial score (nSPS) is 18.1. The van der Waals surface area contributed by atoms with Crippen molar-refractivity contribution in [1.82, 2.24) is 29.5 Å². The minimum atomic E-state index is 0.304. The zero-order valence-electron chi connectivity index (χ0n) is 12.7. The highest BCUT2D eigenvalue weighted by Gasteiger charge is 2.26. The second-order valence-electron chi connectivity index (χ2n) is 5.57. The molecular weight excluding hydrogens is 290 g/mol. The maximum absolute atomic E-state index is 4.61. The Labute approximate surface area is 134 Å². The number of nitrogens with zero attached hydrogens (tertiary/aromatic N) is 7. The molecule has 0 saturated carbocycles. The summed E-state index contributed by atoms with van der Waals surface area (Å²) >= 11 is 0. The average Bonchev–Trinajstić information content (AvgIpc) is 3.17. The fourth-order valence-corrected chi connectivity index (χ4v) is 3.05. The Kier molecular flexibility index (Phi) is 3.67. The van der Waals surface area contributed by atoms with Crippen LogP contribution < -0.4 is 4.90 Å². The molecular formula is C16H17N7. The fourth-order valence-electron chi connectivity index (χ4n) is 3.05. The maximum atomic E-state index is 4.61. The maximum Gasteiger partial charge on any atom is 0.225 e. The van der Waals surface area contributed by atoms with Crippen molar-refractivity contribution in [3.8, 4) is 5.82 Å². The topological polar surface area (TPSA) is 72.6 Å². The third-order valence-electron chi connectivity index (χ3n) is 4.10. The summed E-state index contributed by atoms with van der Waals surface area (Å²) in [5.74, 6) is 1.94. The summed E-state index contributed by atoms with van der Waals surface area (Å²) in [4.78, 5) is 24.2. The Balaban J connectivity index is 1.64. The lowest BCUT2D eigenvalue weighted by atomic mass is 9.94. The zero-order chi connectivity index (χ0) is 15.5. The number of hydrogen-bond donors (Lipinski definition) is 0. The molecule has 116 valence electrons. The molecule has 0 radical (unpaired) electrons. The summed E-state index contributed by atoms with van der Waals surface area (Å²) in [7, 11) is 0. The first kappa shape index (κ1) is 13.8. The van der Waals surface area contributed by atoms with E-state index in [1.807, 2.05) is 16.8 Å². The lowest BCUT2D eigenvalue weighted by Crippen LogP contribution is -2.36. The second-order valence-corrected chi connectivity index (χ2v) is 5.57. The largest absolute Gasteiger partial charge is 0.340 e. The van der Waals surface area contributed by atoms with Crippen molar-refractivity contribution in [2.75, 3.05) is 18.0 Å². The molecule has 0 spiro atoms. The Bertz CT molecular complexity index is 757. The minimum Gasteiger partial charge on any atom is -0.340 e. The van der Waals surface area contributed by atoms with Gasteiger partial charge in [0.05, 0.1) is 5.69 Å². The summed E-state index contributed by atoms with van der Waals surface area (Å²) in [6, 6.07) is 1.84. The van der Waals surface area contributed by atoms with Gasteiger partial charge in [0.2, 0.25) is 5.95 Å². The molecule has 1 saturated heterocycles. The molecule has 7 heteroatoms. The van der Waals surface area contributed by atoms with Gasteiger partial charge in [-0.3, -0.25) is 9.55 Å². The van der Waals surface area contributed by atoms with Crippen LogP contribution in [0.15, 0.2) is 49.6 Å². The van der Waals surface area contributed by atoms with Gasteiger partial charge in [0, 0.05) is 56.2 Å². The van der Waals surface area contributed by atoms with E-state index in [1.54, 1.807) is 37.3 Å². The van der Waals surface area contributed by atoms with Crippen molar-refractivity contribution in [3.05, 3.63) is 55.3 Å². The highest BCUT2D eigenvalue weighted by molar-refractivity contribution is 5.36. The summed E-state index contributed by atoms with van der Waals surface area (Å²) < 4.78 is 1.92. The molecule has 0 N–H and O–H groups in total. The van der Waals surface area contributed by atoms with Crippen LogP contribution in [0.5, 0.6) is 0 Å². The predicted molar refractivity (Wildman–Crippen MR) is 85.4 cm³/mol. The molecule has 3 aromatic heterocycles. The molecule has 4 rings (SSSR count). The third kappa shape index (κ3) is 2.77. The number of rotatable bonds is 3. The molecule has 4 heterocycles. The Morgan fingerprint density at radius 1 is 0.957 bits per heavy atom. The van der Waals surface area contributed by atoms with Crippen LogP contribution in [-0.2, 0) is 0 Å². The Morgan fingerprint density at radius 3 is 2.65 bits per heavy atom. The summed E-state index contributed by atoms with van der Waals surface area (Å²) in [6.07, 6.45) is 14.6. The van der Waals surface area contributed by atoms with Crippen LogP contribution in [0, 0.1) is 0 Å². The number of piperidine rings is 1. The lowest BCUT2D eigenvalue weighted by molar-refractivity contribution is 0.492. The molecule has 0 aromatic carbocycles. The first-order valence-electron chi connectivity index (χ1n) is 7.73. The monoisotopic (exact) mass is 307 g/mol. The van der Waals surface area contributed by atoms with E-state index in [0.29, 0.717) is 5.92 Å². The van der Waals surface area contributed by atoms with Gasteiger partial charge in [0.25, 0.3) is 0 Å². The van der Waals surface area contributed by atoms with Crippen molar-refractivity contribution in [2.24, 2.45) is 0 Å². The van der Waals surface area contributed by atoms with Crippen molar-refractivity contribution in [2.45, 2.75) is 18.8 Å². The van der Waals surface area contributed by atoms with E-state index in [4.69, 9.17) is 0 Å². The standard InChI is InChI=1S/C16H17N7/c1-3-13(11-22(9-1)16-20-4-2-5-21-16)14-15(19-7-6-18-14)23-10-8-17-12-23/h2,4-8,10,12-13H,1,3,9,11H2/t13-/m0/s1. The number of aromatic nitrogens is 6. The van der Waals surface area contributed by atoms with Gasteiger partial charge in [0.1, 0.15) is 6.33 Å². The SMILES string of the molecule is c1cnc(N2CCC[C@H](c3nccnc3-n3ccnc3)C2)nc1. The molecule has 1 fully saturated rings. The number of imidazole rings is 1. The summed E-state index contributed by atoms with van der Waals surface area (Å²) in [5, 5.41) is 0. The molecule has 0 aliphatic carbocycles. The van der Waals surface area contributed by atoms with Crippen molar-refractivity contribution in [3.63, 3.8) is 0 Å². The van der Waals surface area contributed by atoms with Crippen LogP contribution in [0.25, 0.3) is 5.82 Å². The van der Waals surface area contributed by atoms with E-state index < -0.39 is 0 Å². The predicted octanol–water partition coefficient (Wildman–Crippen LogP) is 1.84. The van der Waals surface area contributed by atoms with Crippen LogP contribution in [0.2, 0.25) is 0 Å². The molecule has 3 aromatic rings. The molecule has 0 unspecified atom stereocenters. The van der Waals surface area contributed by atoms with E-state index in [0.717, 1.165) is 43.4 Å². The van der Waals surface area contributed by atoms with E-state index in [-0.39, 0.29) is 0 Å². The third-order valence-corrected chi connectivity index (χ3v) is 4.10. The average molecular weight is 307 g/mol. The highest BCUT2D eigenvalue weighted by atomic mass is 15.3. The molecule has 0 amide bonds. The second kappa shape index (κ2) is 6.12. The smallest absolute Gasteiger partial charge is 0.225 e. The van der Waals surface area contributed by atoms with Gasteiger partial charge in [-0.05, 0) is 18.9 Å². The van der Waals surface area contributed by atoms with Gasteiger partial charge in [-0.15, -0.1) is 0 Å². The quantitative estimate of drug-likeness (QED) is 0.735. The Hall–Kier alpha value is -2.83. The van der Waals surface area contributed by atoms with Crippen LogP contribution in [0.1, 0.15) is 24.5 Å². The summed E-state index contributed by atoms with van der Waals surface area (Å²) in [6.45, 7) is 1.82. The first-order valence-corrected chi connectivity index (χ1v) is 7.73. The van der Waals surface area contributed by atoms with Gasteiger partial charge in [-0.25, -0.2) is 19.9 Å². The van der Waals surface area contributed by atoms with Gasteiger partial charge in [-0.2, -0.15) is 0 Å². The molecule has 1 aliphatic heterocycles. The van der Waals surface area contributed by atoms with Crippen LogP contribution in [0.3, 0.4) is 0 Å². The first-order chi connectivity index (χ1) is 11.4. The van der Waals surface area contributed by atoms with Gasteiger partial charge >= 0.3 is 0 Å². The van der Waals surface area contributed by atoms with Crippen molar-refractivity contribution in [1.29, 1.82) is 0 Å². The summed E-state index contributed by atoms with van der Waals surface area (Å²) in [5.41, 5.74) is 1.01. The van der Waals surface area contributed by atoms with Crippen LogP contribution >= 0.6 is 0 Å². The molecule has 1 atom stereocenters. The van der Waals surface area contributed by atoms with Gasteiger partial charge in [-0.1, -0.05) is 0 Å². The number of hydrogen-bond acceptors (Lipinski definition) is 6. The van der Waals surface area contributed by atoms with Crippen molar-refractivity contribution >= 4 is 5.95 Å². The van der Waals surface area contributed by atoms with Gasteiger partial charge < -0.3 is 4.90 Å².